The van der Waals surface area contributed by atoms with E-state index in [0.29, 0.717) is 10.6 Å². The summed E-state index contributed by atoms with van der Waals surface area (Å²) in [5.74, 6) is -0.243. The Morgan fingerprint density at radius 3 is 2.63 bits per heavy atom. The van der Waals surface area contributed by atoms with Gasteiger partial charge in [0.1, 0.15) is 5.82 Å². The van der Waals surface area contributed by atoms with Crippen LogP contribution in [0.4, 0.5) is 4.39 Å². The van der Waals surface area contributed by atoms with Gasteiger partial charge in [0.05, 0.1) is 0 Å². The summed E-state index contributed by atoms with van der Waals surface area (Å²) < 4.78 is 13.9. The lowest BCUT2D eigenvalue weighted by Crippen LogP contribution is -2.13. The molecule has 0 spiro atoms. The second kappa shape index (κ2) is 6.69. The van der Waals surface area contributed by atoms with Crippen LogP contribution in [0.1, 0.15) is 18.9 Å². The molecule has 0 aliphatic heterocycles. The first kappa shape index (κ1) is 14.0. The highest BCUT2D eigenvalue weighted by molar-refractivity contribution is 6.33. The monoisotopic (exact) mass is 277 g/mol. The van der Waals surface area contributed by atoms with Crippen LogP contribution >= 0.6 is 11.6 Å². The summed E-state index contributed by atoms with van der Waals surface area (Å²) in [6.07, 6.45) is 1.08. The number of hydrogen-bond acceptors (Lipinski definition) is 1. The second-order valence-electron chi connectivity index (χ2n) is 4.47. The summed E-state index contributed by atoms with van der Waals surface area (Å²) in [5, 5.41) is 3.88. The Bertz CT molecular complexity index is 554. The molecule has 0 aliphatic rings. The molecule has 0 unspecified atom stereocenters. The molecule has 1 N–H and O–H groups in total. The lowest BCUT2D eigenvalue weighted by molar-refractivity contribution is 0.628. The second-order valence-corrected chi connectivity index (χ2v) is 4.88. The standard InChI is InChI=1S/C16H17ClFN/c1-2-9-19-11-12-7-8-16(18)14(10-12)13-5-3-4-6-15(13)17/h3-8,10,19H,2,9,11H2,1H3. The van der Waals surface area contributed by atoms with Crippen LogP contribution in [0.2, 0.25) is 5.02 Å². The zero-order valence-corrected chi connectivity index (χ0v) is 11.7. The zero-order chi connectivity index (χ0) is 13.7. The van der Waals surface area contributed by atoms with Crippen molar-refractivity contribution in [3.05, 3.63) is 58.9 Å². The first-order valence-corrected chi connectivity index (χ1v) is 6.84. The van der Waals surface area contributed by atoms with Crippen LogP contribution in [-0.2, 0) is 6.54 Å². The maximum atomic E-state index is 13.9. The van der Waals surface area contributed by atoms with Gasteiger partial charge in [-0.15, -0.1) is 0 Å². The molecule has 3 heteroatoms. The Labute approximate surface area is 118 Å². The van der Waals surface area contributed by atoms with E-state index in [1.807, 2.05) is 24.3 Å². The maximum absolute atomic E-state index is 13.9. The van der Waals surface area contributed by atoms with E-state index in [1.54, 1.807) is 12.1 Å². The van der Waals surface area contributed by atoms with Gasteiger partial charge in [-0.05, 0) is 36.7 Å². The molecule has 19 heavy (non-hydrogen) atoms. The Balaban J connectivity index is 2.30. The van der Waals surface area contributed by atoms with Crippen LogP contribution in [-0.4, -0.2) is 6.54 Å². The molecule has 0 saturated carbocycles. The van der Waals surface area contributed by atoms with Crippen LogP contribution in [0.5, 0.6) is 0 Å². The van der Waals surface area contributed by atoms with E-state index in [1.165, 1.54) is 6.07 Å². The van der Waals surface area contributed by atoms with Gasteiger partial charge in [0.15, 0.2) is 0 Å². The number of hydrogen-bond donors (Lipinski definition) is 1. The van der Waals surface area contributed by atoms with Gasteiger partial charge in [0, 0.05) is 22.7 Å². The van der Waals surface area contributed by atoms with E-state index in [9.17, 15) is 4.39 Å². The predicted molar refractivity (Wildman–Crippen MR) is 78.8 cm³/mol. The SMILES string of the molecule is CCCNCc1ccc(F)c(-c2ccccc2Cl)c1. The van der Waals surface area contributed by atoms with Crippen LogP contribution in [0.25, 0.3) is 11.1 Å². The topological polar surface area (TPSA) is 12.0 Å². The fourth-order valence-electron chi connectivity index (χ4n) is 1.98. The van der Waals surface area contributed by atoms with Gasteiger partial charge in [-0.1, -0.05) is 42.8 Å². The van der Waals surface area contributed by atoms with Gasteiger partial charge in [0.2, 0.25) is 0 Å². The molecule has 2 aromatic rings. The van der Waals surface area contributed by atoms with E-state index in [4.69, 9.17) is 11.6 Å². The van der Waals surface area contributed by atoms with Crippen molar-refractivity contribution in [2.45, 2.75) is 19.9 Å². The molecule has 0 atom stereocenters. The van der Waals surface area contributed by atoms with Crippen molar-refractivity contribution in [2.75, 3.05) is 6.54 Å². The van der Waals surface area contributed by atoms with Crippen LogP contribution in [0, 0.1) is 5.82 Å². The molecular weight excluding hydrogens is 261 g/mol. The van der Waals surface area contributed by atoms with E-state index in [2.05, 4.69) is 12.2 Å². The summed E-state index contributed by atoms with van der Waals surface area (Å²) in [6, 6.07) is 12.5. The number of benzene rings is 2. The Kier molecular flexibility index (Phi) is 4.94. The summed E-state index contributed by atoms with van der Waals surface area (Å²) in [5.41, 5.74) is 2.35. The minimum Gasteiger partial charge on any atom is -0.313 e. The van der Waals surface area contributed by atoms with Crippen molar-refractivity contribution >= 4 is 11.6 Å². The smallest absolute Gasteiger partial charge is 0.131 e. The average Bonchev–Trinajstić information content (AvgIpc) is 2.42. The molecule has 0 fully saturated rings. The van der Waals surface area contributed by atoms with E-state index in [-0.39, 0.29) is 5.82 Å². The molecule has 0 heterocycles. The quantitative estimate of drug-likeness (QED) is 0.785. The van der Waals surface area contributed by atoms with E-state index in [0.717, 1.165) is 30.6 Å². The number of rotatable bonds is 5. The molecule has 0 aromatic heterocycles. The van der Waals surface area contributed by atoms with Crippen molar-refractivity contribution in [1.82, 2.24) is 5.32 Å². The van der Waals surface area contributed by atoms with Crippen molar-refractivity contribution in [3.8, 4) is 11.1 Å². The van der Waals surface area contributed by atoms with Crippen LogP contribution in [0.15, 0.2) is 42.5 Å². The lowest BCUT2D eigenvalue weighted by Gasteiger charge is -2.09. The van der Waals surface area contributed by atoms with Crippen molar-refractivity contribution < 1.29 is 4.39 Å². The minimum absolute atomic E-state index is 0.243. The molecule has 0 bridgehead atoms. The van der Waals surface area contributed by atoms with E-state index >= 15 is 0 Å². The van der Waals surface area contributed by atoms with E-state index < -0.39 is 0 Å². The molecule has 2 rings (SSSR count). The fourth-order valence-corrected chi connectivity index (χ4v) is 2.22. The molecule has 0 radical (unpaired) electrons. The van der Waals surface area contributed by atoms with Crippen molar-refractivity contribution in [1.29, 1.82) is 0 Å². The first-order valence-electron chi connectivity index (χ1n) is 6.46. The normalized spacial score (nSPS) is 10.7. The Morgan fingerprint density at radius 2 is 1.89 bits per heavy atom. The maximum Gasteiger partial charge on any atom is 0.131 e. The van der Waals surface area contributed by atoms with Crippen LogP contribution < -0.4 is 5.32 Å². The van der Waals surface area contributed by atoms with Crippen molar-refractivity contribution in [3.63, 3.8) is 0 Å². The highest BCUT2D eigenvalue weighted by atomic mass is 35.5. The molecule has 100 valence electrons. The largest absolute Gasteiger partial charge is 0.313 e. The first-order chi connectivity index (χ1) is 9.22. The van der Waals surface area contributed by atoms with Gasteiger partial charge < -0.3 is 5.32 Å². The molecule has 0 aliphatic carbocycles. The molecule has 2 aromatic carbocycles. The number of halogens is 2. The number of nitrogens with one attached hydrogen (secondary N) is 1. The average molecular weight is 278 g/mol. The Hall–Kier alpha value is -1.38. The molecule has 0 saturated heterocycles. The third-order valence-electron chi connectivity index (χ3n) is 2.95. The lowest BCUT2D eigenvalue weighted by atomic mass is 10.0. The molecule has 1 nitrogen and oxygen atoms in total. The highest BCUT2D eigenvalue weighted by Gasteiger charge is 2.09. The summed E-state index contributed by atoms with van der Waals surface area (Å²) >= 11 is 6.13. The van der Waals surface area contributed by atoms with Gasteiger partial charge in [0.25, 0.3) is 0 Å². The third-order valence-corrected chi connectivity index (χ3v) is 3.28. The van der Waals surface area contributed by atoms with Gasteiger partial charge >= 0.3 is 0 Å². The van der Waals surface area contributed by atoms with Gasteiger partial charge in [-0.25, -0.2) is 4.39 Å². The van der Waals surface area contributed by atoms with Crippen LogP contribution in [0.3, 0.4) is 0 Å². The minimum atomic E-state index is -0.243. The highest BCUT2D eigenvalue weighted by Crippen LogP contribution is 2.30. The summed E-state index contributed by atoms with van der Waals surface area (Å²) in [4.78, 5) is 0. The predicted octanol–water partition coefficient (Wildman–Crippen LogP) is 4.65. The van der Waals surface area contributed by atoms with Gasteiger partial charge in [-0.3, -0.25) is 0 Å². The third kappa shape index (κ3) is 3.55. The summed E-state index contributed by atoms with van der Waals surface area (Å²) in [6.45, 7) is 3.82. The van der Waals surface area contributed by atoms with Gasteiger partial charge in [-0.2, -0.15) is 0 Å². The zero-order valence-electron chi connectivity index (χ0n) is 10.9. The summed E-state index contributed by atoms with van der Waals surface area (Å²) in [7, 11) is 0. The molecular formula is C16H17ClFN. The molecule has 0 amide bonds. The Morgan fingerprint density at radius 1 is 1.11 bits per heavy atom. The van der Waals surface area contributed by atoms with Crippen molar-refractivity contribution in [2.24, 2.45) is 0 Å². The fraction of sp³-hybridized carbons (Fsp3) is 0.250.